The minimum atomic E-state index is -0.634. The van der Waals surface area contributed by atoms with E-state index in [0.717, 1.165) is 13.0 Å². The zero-order valence-electron chi connectivity index (χ0n) is 10.5. The van der Waals surface area contributed by atoms with Gasteiger partial charge in [-0.2, -0.15) is 0 Å². The van der Waals surface area contributed by atoms with Gasteiger partial charge in [0.1, 0.15) is 0 Å². The van der Waals surface area contributed by atoms with Gasteiger partial charge < -0.3 is 15.2 Å². The number of aliphatic hydroxyl groups excluding tert-OH is 1. The molecule has 0 rings (SSSR count). The Morgan fingerprint density at radius 3 is 2.69 bits per heavy atom. The van der Waals surface area contributed by atoms with Crippen LogP contribution in [0.5, 0.6) is 0 Å². The summed E-state index contributed by atoms with van der Waals surface area (Å²) >= 11 is 0. The van der Waals surface area contributed by atoms with Gasteiger partial charge in [0.15, 0.2) is 0 Å². The van der Waals surface area contributed by atoms with Crippen molar-refractivity contribution in [1.82, 2.24) is 5.32 Å². The van der Waals surface area contributed by atoms with E-state index in [1.165, 1.54) is 19.3 Å². The van der Waals surface area contributed by atoms with E-state index < -0.39 is 6.10 Å². The second-order valence-corrected chi connectivity index (χ2v) is 3.93. The molecule has 0 heterocycles. The molecular weight excluding hydrogens is 206 g/mol. The number of rotatable bonds is 10. The SMILES string of the molecule is CCCCCCNCC(O)CC(=O)OCC. The number of hydrogen-bond donors (Lipinski definition) is 2. The number of unbranched alkanes of at least 4 members (excludes halogenated alkanes) is 3. The maximum atomic E-state index is 11.0. The number of carbonyl (C=O) groups excluding carboxylic acids is 1. The molecule has 4 nitrogen and oxygen atoms in total. The molecule has 0 amide bonds. The van der Waals surface area contributed by atoms with Crippen molar-refractivity contribution in [3.63, 3.8) is 0 Å². The maximum Gasteiger partial charge on any atom is 0.308 e. The van der Waals surface area contributed by atoms with E-state index >= 15 is 0 Å². The molecule has 0 fully saturated rings. The van der Waals surface area contributed by atoms with Gasteiger partial charge in [-0.25, -0.2) is 0 Å². The fourth-order valence-electron chi connectivity index (χ4n) is 1.43. The van der Waals surface area contributed by atoms with Crippen LogP contribution in [-0.4, -0.2) is 36.9 Å². The smallest absolute Gasteiger partial charge is 0.308 e. The van der Waals surface area contributed by atoms with E-state index in [9.17, 15) is 9.90 Å². The summed E-state index contributed by atoms with van der Waals surface area (Å²) in [5, 5.41) is 12.6. The van der Waals surface area contributed by atoms with Crippen LogP contribution in [0.4, 0.5) is 0 Å². The predicted molar refractivity (Wildman–Crippen MR) is 64.3 cm³/mol. The molecule has 4 heteroatoms. The van der Waals surface area contributed by atoms with E-state index in [0.29, 0.717) is 13.2 Å². The number of hydrogen-bond acceptors (Lipinski definition) is 4. The third kappa shape index (κ3) is 9.93. The van der Waals surface area contributed by atoms with Crippen molar-refractivity contribution in [2.24, 2.45) is 0 Å². The van der Waals surface area contributed by atoms with Crippen LogP contribution in [0, 0.1) is 0 Å². The molecule has 2 N–H and O–H groups in total. The van der Waals surface area contributed by atoms with Gasteiger partial charge in [0.2, 0.25) is 0 Å². The number of ether oxygens (including phenoxy) is 1. The molecule has 16 heavy (non-hydrogen) atoms. The Bertz CT molecular complexity index is 174. The molecule has 0 radical (unpaired) electrons. The lowest BCUT2D eigenvalue weighted by Crippen LogP contribution is -2.29. The van der Waals surface area contributed by atoms with Gasteiger partial charge in [0, 0.05) is 6.54 Å². The lowest BCUT2D eigenvalue weighted by Gasteiger charge is -2.10. The fourth-order valence-corrected chi connectivity index (χ4v) is 1.43. The summed E-state index contributed by atoms with van der Waals surface area (Å²) < 4.78 is 4.75. The van der Waals surface area contributed by atoms with E-state index in [-0.39, 0.29) is 12.4 Å². The van der Waals surface area contributed by atoms with Crippen LogP contribution in [0.2, 0.25) is 0 Å². The van der Waals surface area contributed by atoms with Gasteiger partial charge in [-0.3, -0.25) is 4.79 Å². The normalized spacial score (nSPS) is 12.4. The van der Waals surface area contributed by atoms with Crippen LogP contribution >= 0.6 is 0 Å². The highest BCUT2D eigenvalue weighted by molar-refractivity contribution is 5.69. The molecule has 0 aliphatic carbocycles. The van der Waals surface area contributed by atoms with Crippen LogP contribution in [0.25, 0.3) is 0 Å². The van der Waals surface area contributed by atoms with Crippen LogP contribution in [0.3, 0.4) is 0 Å². The quantitative estimate of drug-likeness (QED) is 0.441. The van der Waals surface area contributed by atoms with Gasteiger partial charge in [-0.15, -0.1) is 0 Å². The standard InChI is InChI=1S/C12H25NO3/c1-3-5-6-7-8-13-10-11(14)9-12(15)16-4-2/h11,13-14H,3-10H2,1-2H3. The molecule has 0 aliphatic rings. The van der Waals surface area contributed by atoms with Crippen molar-refractivity contribution in [2.45, 2.75) is 52.1 Å². The summed E-state index contributed by atoms with van der Waals surface area (Å²) in [4.78, 5) is 11.0. The summed E-state index contributed by atoms with van der Waals surface area (Å²) in [7, 11) is 0. The summed E-state index contributed by atoms with van der Waals surface area (Å²) in [6, 6.07) is 0. The number of nitrogens with one attached hydrogen (secondary N) is 1. The van der Waals surface area contributed by atoms with Crippen LogP contribution in [0.15, 0.2) is 0 Å². The Hall–Kier alpha value is -0.610. The fraction of sp³-hybridized carbons (Fsp3) is 0.917. The molecule has 0 saturated carbocycles. The first-order chi connectivity index (χ1) is 7.70. The van der Waals surface area contributed by atoms with Gasteiger partial charge in [0.05, 0.1) is 19.1 Å². The second-order valence-electron chi connectivity index (χ2n) is 3.93. The average Bonchev–Trinajstić information content (AvgIpc) is 2.23. The lowest BCUT2D eigenvalue weighted by atomic mass is 10.2. The summed E-state index contributed by atoms with van der Waals surface area (Å²) in [5.74, 6) is -0.331. The Balaban J connectivity index is 3.29. The van der Waals surface area contributed by atoms with Crippen molar-refractivity contribution in [3.05, 3.63) is 0 Å². The lowest BCUT2D eigenvalue weighted by molar-refractivity contribution is -0.145. The zero-order valence-corrected chi connectivity index (χ0v) is 10.5. The van der Waals surface area contributed by atoms with E-state index in [2.05, 4.69) is 12.2 Å². The van der Waals surface area contributed by atoms with Gasteiger partial charge in [-0.1, -0.05) is 26.2 Å². The first-order valence-corrected chi connectivity index (χ1v) is 6.25. The first-order valence-electron chi connectivity index (χ1n) is 6.25. The highest BCUT2D eigenvalue weighted by atomic mass is 16.5. The highest BCUT2D eigenvalue weighted by Gasteiger charge is 2.10. The Labute approximate surface area is 98.4 Å². The van der Waals surface area contributed by atoms with E-state index in [1.807, 2.05) is 0 Å². The second kappa shape index (κ2) is 10.9. The summed E-state index contributed by atoms with van der Waals surface area (Å²) in [6.45, 7) is 5.67. The molecular formula is C12H25NO3. The molecule has 0 saturated heterocycles. The first kappa shape index (κ1) is 15.4. The molecule has 0 spiro atoms. The average molecular weight is 231 g/mol. The number of carbonyl (C=O) groups is 1. The molecule has 0 aliphatic heterocycles. The van der Waals surface area contributed by atoms with E-state index in [4.69, 9.17) is 4.74 Å². The minimum Gasteiger partial charge on any atom is -0.466 e. The van der Waals surface area contributed by atoms with Gasteiger partial charge in [0.25, 0.3) is 0 Å². The maximum absolute atomic E-state index is 11.0. The molecule has 0 aromatic rings. The monoisotopic (exact) mass is 231 g/mol. The molecule has 1 unspecified atom stereocenters. The minimum absolute atomic E-state index is 0.0792. The number of aliphatic hydroxyl groups is 1. The Kier molecular flexibility index (Phi) is 10.5. The Morgan fingerprint density at radius 1 is 1.31 bits per heavy atom. The summed E-state index contributed by atoms with van der Waals surface area (Å²) in [5.41, 5.74) is 0. The van der Waals surface area contributed by atoms with Crippen molar-refractivity contribution in [1.29, 1.82) is 0 Å². The van der Waals surface area contributed by atoms with Crippen LogP contribution in [0.1, 0.15) is 46.0 Å². The van der Waals surface area contributed by atoms with E-state index in [1.54, 1.807) is 6.92 Å². The highest BCUT2D eigenvalue weighted by Crippen LogP contribution is 1.98. The van der Waals surface area contributed by atoms with Gasteiger partial charge in [-0.05, 0) is 19.9 Å². The molecule has 0 bridgehead atoms. The third-order valence-electron chi connectivity index (χ3n) is 2.29. The largest absolute Gasteiger partial charge is 0.466 e. The summed E-state index contributed by atoms with van der Waals surface area (Å²) in [6.07, 6.45) is 4.27. The zero-order chi connectivity index (χ0) is 12.2. The Morgan fingerprint density at radius 2 is 2.06 bits per heavy atom. The van der Waals surface area contributed by atoms with Crippen molar-refractivity contribution in [3.8, 4) is 0 Å². The topological polar surface area (TPSA) is 58.6 Å². The molecule has 96 valence electrons. The molecule has 0 aromatic heterocycles. The van der Waals surface area contributed by atoms with Crippen molar-refractivity contribution < 1.29 is 14.6 Å². The molecule has 1 atom stereocenters. The van der Waals surface area contributed by atoms with Crippen LogP contribution < -0.4 is 5.32 Å². The number of esters is 1. The van der Waals surface area contributed by atoms with Crippen molar-refractivity contribution >= 4 is 5.97 Å². The van der Waals surface area contributed by atoms with Crippen LogP contribution in [-0.2, 0) is 9.53 Å². The van der Waals surface area contributed by atoms with Gasteiger partial charge >= 0.3 is 5.97 Å². The molecule has 0 aromatic carbocycles. The van der Waals surface area contributed by atoms with Crippen molar-refractivity contribution in [2.75, 3.05) is 19.7 Å². The predicted octanol–water partition coefficient (Wildman–Crippen LogP) is 1.47. The third-order valence-corrected chi connectivity index (χ3v) is 2.29.